The predicted octanol–water partition coefficient (Wildman–Crippen LogP) is 2.37. The summed E-state index contributed by atoms with van der Waals surface area (Å²) in [4.78, 5) is 0. The average Bonchev–Trinajstić information content (AvgIpc) is 1.94. The summed E-state index contributed by atoms with van der Waals surface area (Å²) in [5.41, 5.74) is 6.69. The van der Waals surface area contributed by atoms with Gasteiger partial charge in [-0.15, -0.1) is 12.4 Å². The van der Waals surface area contributed by atoms with Gasteiger partial charge in [0.2, 0.25) is 0 Å². The SMILES string of the molecule is Cl.NCCc1ccccc1Br. The molecule has 1 rings (SSSR count). The lowest BCUT2D eigenvalue weighted by Crippen LogP contribution is -2.02. The minimum absolute atomic E-state index is 0. The van der Waals surface area contributed by atoms with E-state index in [9.17, 15) is 0 Å². The zero-order chi connectivity index (χ0) is 7.40. The molecule has 0 atom stereocenters. The number of hydrogen-bond acceptors (Lipinski definition) is 1. The maximum atomic E-state index is 5.41. The van der Waals surface area contributed by atoms with Crippen molar-refractivity contribution in [3.05, 3.63) is 34.3 Å². The molecule has 3 heteroatoms. The van der Waals surface area contributed by atoms with Crippen LogP contribution in [0.3, 0.4) is 0 Å². The standard InChI is InChI=1S/C8H10BrN.ClH/c9-8-4-2-1-3-7(8)5-6-10;/h1-4H,5-6,10H2;1H. The van der Waals surface area contributed by atoms with E-state index in [0.29, 0.717) is 6.54 Å². The highest BCUT2D eigenvalue weighted by Gasteiger charge is 1.94. The van der Waals surface area contributed by atoms with Crippen LogP contribution in [0.1, 0.15) is 5.56 Å². The summed E-state index contributed by atoms with van der Waals surface area (Å²) < 4.78 is 1.15. The summed E-state index contributed by atoms with van der Waals surface area (Å²) in [6.07, 6.45) is 0.946. The molecule has 0 spiro atoms. The number of halogens is 2. The molecular weight excluding hydrogens is 225 g/mol. The van der Waals surface area contributed by atoms with E-state index in [-0.39, 0.29) is 12.4 Å². The molecule has 0 saturated heterocycles. The van der Waals surface area contributed by atoms with Gasteiger partial charge in [0.05, 0.1) is 0 Å². The highest BCUT2D eigenvalue weighted by molar-refractivity contribution is 9.10. The van der Waals surface area contributed by atoms with Gasteiger partial charge in [0.25, 0.3) is 0 Å². The van der Waals surface area contributed by atoms with Crippen LogP contribution < -0.4 is 5.73 Å². The Morgan fingerprint density at radius 2 is 1.91 bits per heavy atom. The Balaban J connectivity index is 0.000001000. The maximum Gasteiger partial charge on any atom is 0.0207 e. The summed E-state index contributed by atoms with van der Waals surface area (Å²) in [6, 6.07) is 8.14. The molecule has 1 aromatic carbocycles. The van der Waals surface area contributed by atoms with Gasteiger partial charge in [-0.1, -0.05) is 34.1 Å². The molecule has 0 unspecified atom stereocenters. The lowest BCUT2D eigenvalue weighted by molar-refractivity contribution is 0.963. The highest BCUT2D eigenvalue weighted by Crippen LogP contribution is 2.15. The van der Waals surface area contributed by atoms with E-state index < -0.39 is 0 Å². The van der Waals surface area contributed by atoms with Crippen LogP contribution in [0.4, 0.5) is 0 Å². The van der Waals surface area contributed by atoms with Gasteiger partial charge < -0.3 is 5.73 Å². The summed E-state index contributed by atoms with van der Waals surface area (Å²) in [6.45, 7) is 0.711. The summed E-state index contributed by atoms with van der Waals surface area (Å²) in [7, 11) is 0. The Bertz CT molecular complexity index is 215. The molecule has 0 aliphatic carbocycles. The third-order valence-electron chi connectivity index (χ3n) is 1.37. The van der Waals surface area contributed by atoms with Crippen molar-refractivity contribution < 1.29 is 0 Å². The number of nitrogens with two attached hydrogens (primary N) is 1. The fourth-order valence-corrected chi connectivity index (χ4v) is 1.34. The van der Waals surface area contributed by atoms with E-state index >= 15 is 0 Å². The van der Waals surface area contributed by atoms with Gasteiger partial charge >= 0.3 is 0 Å². The van der Waals surface area contributed by atoms with E-state index in [1.54, 1.807) is 0 Å². The monoisotopic (exact) mass is 235 g/mol. The Kier molecular flexibility index (Phi) is 5.56. The van der Waals surface area contributed by atoms with Gasteiger partial charge in [0, 0.05) is 4.47 Å². The van der Waals surface area contributed by atoms with Crippen LogP contribution in [0.25, 0.3) is 0 Å². The van der Waals surface area contributed by atoms with E-state index in [2.05, 4.69) is 22.0 Å². The maximum absolute atomic E-state index is 5.41. The Morgan fingerprint density at radius 3 is 2.45 bits per heavy atom. The number of rotatable bonds is 2. The highest BCUT2D eigenvalue weighted by atomic mass is 79.9. The third-order valence-corrected chi connectivity index (χ3v) is 2.15. The van der Waals surface area contributed by atoms with Crippen molar-refractivity contribution in [2.24, 2.45) is 5.73 Å². The minimum atomic E-state index is 0. The fourth-order valence-electron chi connectivity index (χ4n) is 0.857. The van der Waals surface area contributed by atoms with Gasteiger partial charge in [-0.3, -0.25) is 0 Å². The van der Waals surface area contributed by atoms with Gasteiger partial charge in [0.15, 0.2) is 0 Å². The lowest BCUT2D eigenvalue weighted by atomic mass is 10.2. The van der Waals surface area contributed by atoms with Crippen LogP contribution in [0, 0.1) is 0 Å². The Morgan fingerprint density at radius 1 is 1.27 bits per heavy atom. The smallest absolute Gasteiger partial charge is 0.0207 e. The topological polar surface area (TPSA) is 26.0 Å². The number of benzene rings is 1. The predicted molar refractivity (Wildman–Crippen MR) is 54.1 cm³/mol. The van der Waals surface area contributed by atoms with Crippen LogP contribution in [-0.2, 0) is 6.42 Å². The molecule has 2 N–H and O–H groups in total. The first-order valence-corrected chi connectivity index (χ1v) is 4.07. The molecule has 0 radical (unpaired) electrons. The molecule has 1 nitrogen and oxygen atoms in total. The van der Waals surface area contributed by atoms with Crippen molar-refractivity contribution in [1.29, 1.82) is 0 Å². The molecule has 0 fully saturated rings. The molecule has 0 bridgehead atoms. The lowest BCUT2D eigenvalue weighted by Gasteiger charge is -1.99. The molecule has 0 heterocycles. The molecular formula is C8H11BrClN. The van der Waals surface area contributed by atoms with E-state index in [0.717, 1.165) is 10.9 Å². The van der Waals surface area contributed by atoms with Crippen LogP contribution in [0.15, 0.2) is 28.7 Å². The first kappa shape index (κ1) is 11.0. The molecule has 11 heavy (non-hydrogen) atoms. The number of hydrogen-bond donors (Lipinski definition) is 1. The van der Waals surface area contributed by atoms with Crippen molar-refractivity contribution >= 4 is 28.3 Å². The molecule has 62 valence electrons. The van der Waals surface area contributed by atoms with Crippen LogP contribution in [0.5, 0.6) is 0 Å². The van der Waals surface area contributed by atoms with E-state index in [1.807, 2.05) is 18.2 Å². The second kappa shape index (κ2) is 5.58. The third kappa shape index (κ3) is 3.23. The van der Waals surface area contributed by atoms with Gasteiger partial charge in [-0.2, -0.15) is 0 Å². The second-order valence-electron chi connectivity index (χ2n) is 2.13. The quantitative estimate of drug-likeness (QED) is 0.838. The van der Waals surface area contributed by atoms with E-state index in [4.69, 9.17) is 5.73 Å². The largest absolute Gasteiger partial charge is 0.330 e. The molecule has 0 aromatic heterocycles. The molecule has 0 saturated carbocycles. The molecule has 0 amide bonds. The fraction of sp³-hybridized carbons (Fsp3) is 0.250. The second-order valence-corrected chi connectivity index (χ2v) is 2.98. The Labute approximate surface area is 81.5 Å². The summed E-state index contributed by atoms with van der Waals surface area (Å²) in [5.74, 6) is 0. The van der Waals surface area contributed by atoms with Crippen molar-refractivity contribution in [2.75, 3.05) is 6.54 Å². The van der Waals surface area contributed by atoms with Gasteiger partial charge in [-0.25, -0.2) is 0 Å². The van der Waals surface area contributed by atoms with Crippen molar-refractivity contribution in [2.45, 2.75) is 6.42 Å². The van der Waals surface area contributed by atoms with E-state index in [1.165, 1.54) is 5.56 Å². The zero-order valence-corrected chi connectivity index (χ0v) is 8.49. The zero-order valence-electron chi connectivity index (χ0n) is 6.09. The van der Waals surface area contributed by atoms with Gasteiger partial charge in [-0.05, 0) is 24.6 Å². The Hall–Kier alpha value is -0.0500. The molecule has 0 aliphatic heterocycles. The van der Waals surface area contributed by atoms with Crippen molar-refractivity contribution in [1.82, 2.24) is 0 Å². The summed E-state index contributed by atoms with van der Waals surface area (Å²) >= 11 is 3.44. The molecule has 1 aromatic rings. The normalized spacial score (nSPS) is 8.91. The molecule has 0 aliphatic rings. The van der Waals surface area contributed by atoms with Crippen LogP contribution in [0.2, 0.25) is 0 Å². The van der Waals surface area contributed by atoms with Crippen LogP contribution >= 0.6 is 28.3 Å². The van der Waals surface area contributed by atoms with Crippen LogP contribution in [-0.4, -0.2) is 6.54 Å². The van der Waals surface area contributed by atoms with Crippen molar-refractivity contribution in [3.8, 4) is 0 Å². The first-order chi connectivity index (χ1) is 4.84. The van der Waals surface area contributed by atoms with Crippen molar-refractivity contribution in [3.63, 3.8) is 0 Å². The summed E-state index contributed by atoms with van der Waals surface area (Å²) in [5, 5.41) is 0. The average molecular weight is 237 g/mol. The minimum Gasteiger partial charge on any atom is -0.330 e. The van der Waals surface area contributed by atoms with Gasteiger partial charge in [0.1, 0.15) is 0 Å². The first-order valence-electron chi connectivity index (χ1n) is 3.28.